The predicted molar refractivity (Wildman–Crippen MR) is 58.0 cm³/mol. The van der Waals surface area contributed by atoms with E-state index in [1.807, 2.05) is 13.8 Å². The van der Waals surface area contributed by atoms with Crippen LogP contribution in [0.25, 0.3) is 0 Å². The number of carbonyl (C=O) groups excluding carboxylic acids is 1. The third-order valence-corrected chi connectivity index (χ3v) is 2.43. The van der Waals surface area contributed by atoms with Crippen LogP contribution in [0.15, 0.2) is 0 Å². The third kappa shape index (κ3) is 3.81. The van der Waals surface area contributed by atoms with Crippen LogP contribution in [0.3, 0.4) is 0 Å². The van der Waals surface area contributed by atoms with E-state index in [1.54, 1.807) is 0 Å². The minimum atomic E-state index is -0.980. The SMILES string of the molecule is CC(C)CN(CC(=O)O)C(=O)C1CCCO1. The van der Waals surface area contributed by atoms with Gasteiger partial charge in [-0.05, 0) is 18.8 Å². The van der Waals surface area contributed by atoms with Crippen molar-refractivity contribution in [2.24, 2.45) is 5.92 Å². The Morgan fingerprint density at radius 3 is 2.62 bits per heavy atom. The summed E-state index contributed by atoms with van der Waals surface area (Å²) in [6.45, 7) is 4.73. The Balaban J connectivity index is 2.58. The Morgan fingerprint density at radius 1 is 1.50 bits per heavy atom. The largest absolute Gasteiger partial charge is 0.480 e. The second-order valence-corrected chi connectivity index (χ2v) is 4.51. The maximum atomic E-state index is 12.0. The van der Waals surface area contributed by atoms with E-state index in [-0.39, 0.29) is 18.4 Å². The molecule has 0 bridgehead atoms. The van der Waals surface area contributed by atoms with Gasteiger partial charge in [0.1, 0.15) is 12.6 Å². The molecule has 0 aliphatic carbocycles. The minimum Gasteiger partial charge on any atom is -0.480 e. The van der Waals surface area contributed by atoms with Gasteiger partial charge in [-0.2, -0.15) is 0 Å². The molecular weight excluding hydrogens is 210 g/mol. The number of nitrogens with zero attached hydrogens (tertiary/aromatic N) is 1. The monoisotopic (exact) mass is 229 g/mol. The molecular formula is C11H19NO4. The average Bonchev–Trinajstić information content (AvgIpc) is 2.66. The van der Waals surface area contributed by atoms with Gasteiger partial charge in [0.15, 0.2) is 0 Å². The molecule has 0 aromatic rings. The van der Waals surface area contributed by atoms with Crippen LogP contribution >= 0.6 is 0 Å². The molecule has 1 aliphatic rings. The third-order valence-electron chi connectivity index (χ3n) is 2.43. The molecule has 1 N–H and O–H groups in total. The highest BCUT2D eigenvalue weighted by atomic mass is 16.5. The predicted octanol–water partition coefficient (Wildman–Crippen LogP) is 0.735. The highest BCUT2D eigenvalue weighted by Crippen LogP contribution is 2.15. The van der Waals surface area contributed by atoms with Gasteiger partial charge in [0.25, 0.3) is 5.91 Å². The molecule has 0 spiro atoms. The van der Waals surface area contributed by atoms with Gasteiger partial charge in [0.05, 0.1) is 0 Å². The zero-order valence-electron chi connectivity index (χ0n) is 9.81. The average molecular weight is 229 g/mol. The number of rotatable bonds is 5. The summed E-state index contributed by atoms with van der Waals surface area (Å²) in [5, 5.41) is 8.75. The van der Waals surface area contributed by atoms with E-state index >= 15 is 0 Å². The molecule has 1 amide bonds. The normalized spacial score (nSPS) is 20.1. The van der Waals surface area contributed by atoms with Gasteiger partial charge >= 0.3 is 5.97 Å². The van der Waals surface area contributed by atoms with E-state index in [9.17, 15) is 9.59 Å². The van der Waals surface area contributed by atoms with Gasteiger partial charge in [-0.3, -0.25) is 9.59 Å². The van der Waals surface area contributed by atoms with Crippen molar-refractivity contribution in [3.63, 3.8) is 0 Å². The quantitative estimate of drug-likeness (QED) is 0.755. The molecule has 5 nitrogen and oxygen atoms in total. The van der Waals surface area contributed by atoms with Crippen molar-refractivity contribution in [1.29, 1.82) is 0 Å². The molecule has 0 saturated carbocycles. The molecule has 1 unspecified atom stereocenters. The Kier molecular flexibility index (Phi) is 4.73. The van der Waals surface area contributed by atoms with Crippen molar-refractivity contribution in [3.8, 4) is 0 Å². The van der Waals surface area contributed by atoms with E-state index < -0.39 is 12.1 Å². The van der Waals surface area contributed by atoms with E-state index in [4.69, 9.17) is 9.84 Å². The van der Waals surface area contributed by atoms with Gasteiger partial charge in [-0.25, -0.2) is 0 Å². The summed E-state index contributed by atoms with van der Waals surface area (Å²) < 4.78 is 5.27. The van der Waals surface area contributed by atoms with Crippen LogP contribution in [0, 0.1) is 5.92 Å². The number of hydrogen-bond acceptors (Lipinski definition) is 3. The molecule has 1 aliphatic heterocycles. The summed E-state index contributed by atoms with van der Waals surface area (Å²) >= 11 is 0. The maximum absolute atomic E-state index is 12.0. The lowest BCUT2D eigenvalue weighted by Gasteiger charge is -2.25. The van der Waals surface area contributed by atoms with Crippen LogP contribution in [-0.2, 0) is 14.3 Å². The topological polar surface area (TPSA) is 66.8 Å². The van der Waals surface area contributed by atoms with E-state index in [1.165, 1.54) is 4.90 Å². The molecule has 1 heterocycles. The van der Waals surface area contributed by atoms with E-state index in [0.29, 0.717) is 19.6 Å². The van der Waals surface area contributed by atoms with Crippen molar-refractivity contribution in [2.45, 2.75) is 32.8 Å². The molecule has 1 saturated heterocycles. The first kappa shape index (κ1) is 13.0. The lowest BCUT2D eigenvalue weighted by molar-refractivity contribution is -0.149. The van der Waals surface area contributed by atoms with E-state index in [2.05, 4.69) is 0 Å². The van der Waals surface area contributed by atoms with Crippen LogP contribution in [0.1, 0.15) is 26.7 Å². The molecule has 0 aromatic carbocycles. The summed E-state index contributed by atoms with van der Waals surface area (Å²) in [5.41, 5.74) is 0. The van der Waals surface area contributed by atoms with Crippen LogP contribution in [0.2, 0.25) is 0 Å². The smallest absolute Gasteiger partial charge is 0.323 e. The molecule has 16 heavy (non-hydrogen) atoms. The molecule has 0 aromatic heterocycles. The summed E-state index contributed by atoms with van der Waals surface area (Å²) in [4.78, 5) is 24.0. The number of carboxylic acids is 1. The van der Waals surface area contributed by atoms with Crippen molar-refractivity contribution < 1.29 is 19.4 Å². The van der Waals surface area contributed by atoms with Gasteiger partial charge in [0.2, 0.25) is 0 Å². The minimum absolute atomic E-state index is 0.186. The first-order valence-corrected chi connectivity index (χ1v) is 5.63. The van der Waals surface area contributed by atoms with Crippen LogP contribution in [0.4, 0.5) is 0 Å². The summed E-state index contributed by atoms with van der Waals surface area (Å²) in [7, 11) is 0. The standard InChI is InChI=1S/C11H19NO4/c1-8(2)6-12(7-10(13)14)11(15)9-4-3-5-16-9/h8-9H,3-7H2,1-2H3,(H,13,14). The highest BCUT2D eigenvalue weighted by Gasteiger charge is 2.29. The van der Waals surface area contributed by atoms with Crippen molar-refractivity contribution in [3.05, 3.63) is 0 Å². The lowest BCUT2D eigenvalue weighted by atomic mass is 10.1. The lowest BCUT2D eigenvalue weighted by Crippen LogP contribution is -2.43. The number of carbonyl (C=O) groups is 2. The molecule has 1 fully saturated rings. The molecule has 92 valence electrons. The molecule has 1 rings (SSSR count). The number of amides is 1. The summed E-state index contributed by atoms with van der Waals surface area (Å²) in [5.74, 6) is -0.912. The fraction of sp³-hybridized carbons (Fsp3) is 0.818. The van der Waals surface area contributed by atoms with Gasteiger partial charge < -0.3 is 14.7 Å². The summed E-state index contributed by atoms with van der Waals surface area (Å²) in [6, 6.07) is 0. The van der Waals surface area contributed by atoms with Gasteiger partial charge in [-0.1, -0.05) is 13.8 Å². The van der Waals surface area contributed by atoms with Crippen molar-refractivity contribution >= 4 is 11.9 Å². The Morgan fingerprint density at radius 2 is 2.19 bits per heavy atom. The second-order valence-electron chi connectivity index (χ2n) is 4.51. The van der Waals surface area contributed by atoms with Crippen LogP contribution in [0.5, 0.6) is 0 Å². The molecule has 1 atom stereocenters. The Bertz CT molecular complexity index is 259. The van der Waals surface area contributed by atoms with Crippen LogP contribution in [-0.4, -0.2) is 47.7 Å². The molecule has 5 heteroatoms. The number of hydrogen-bond donors (Lipinski definition) is 1. The van der Waals surface area contributed by atoms with Gasteiger partial charge in [-0.15, -0.1) is 0 Å². The van der Waals surface area contributed by atoms with Crippen molar-refractivity contribution in [1.82, 2.24) is 4.90 Å². The Labute approximate surface area is 95.4 Å². The second kappa shape index (κ2) is 5.84. The zero-order chi connectivity index (χ0) is 12.1. The van der Waals surface area contributed by atoms with Gasteiger partial charge in [0, 0.05) is 13.2 Å². The number of ether oxygens (including phenoxy) is 1. The fourth-order valence-corrected chi connectivity index (χ4v) is 1.81. The first-order valence-electron chi connectivity index (χ1n) is 5.63. The van der Waals surface area contributed by atoms with Crippen LogP contribution < -0.4 is 0 Å². The Hall–Kier alpha value is -1.10. The fourth-order valence-electron chi connectivity index (χ4n) is 1.81. The maximum Gasteiger partial charge on any atom is 0.323 e. The zero-order valence-corrected chi connectivity index (χ0v) is 9.81. The number of aliphatic carboxylic acids is 1. The molecule has 0 radical (unpaired) electrons. The summed E-state index contributed by atoms with van der Waals surface area (Å²) in [6.07, 6.45) is 1.14. The van der Waals surface area contributed by atoms with E-state index in [0.717, 1.165) is 6.42 Å². The highest BCUT2D eigenvalue weighted by molar-refractivity contribution is 5.84. The number of carboxylic acid groups (broad SMARTS) is 1. The van der Waals surface area contributed by atoms with Crippen molar-refractivity contribution in [2.75, 3.05) is 19.7 Å². The first-order chi connectivity index (χ1) is 7.50.